The van der Waals surface area contributed by atoms with Gasteiger partial charge < -0.3 is 10.4 Å². The van der Waals surface area contributed by atoms with Gasteiger partial charge in [0.2, 0.25) is 0 Å². The Morgan fingerprint density at radius 2 is 1.70 bits per heavy atom. The summed E-state index contributed by atoms with van der Waals surface area (Å²) in [6.45, 7) is 5.46. The zero-order valence-electron chi connectivity index (χ0n) is 16.5. The number of amides is 2. The van der Waals surface area contributed by atoms with Gasteiger partial charge in [0.05, 0.1) is 25.9 Å². The van der Waals surface area contributed by atoms with Gasteiger partial charge >= 0.3 is 0 Å². The molecule has 0 unspecified atom stereocenters. The number of carbonyl (C=O) groups is 2. The zero-order valence-corrected chi connectivity index (χ0v) is 19.7. The van der Waals surface area contributed by atoms with Crippen molar-refractivity contribution in [1.82, 2.24) is 10.7 Å². The topological polar surface area (TPSA) is 90.8 Å². The van der Waals surface area contributed by atoms with Crippen molar-refractivity contribution in [3.8, 4) is 16.2 Å². The molecule has 0 aliphatic carbocycles. The Morgan fingerprint density at radius 3 is 2.33 bits per heavy atom. The fraction of sp³-hybridized carbons (Fsp3) is 0.190. The normalized spacial score (nSPS) is 11.6. The number of hydrazone groups is 1. The van der Waals surface area contributed by atoms with Gasteiger partial charge in [0, 0.05) is 15.9 Å². The Balaban J connectivity index is 1.71. The Hall–Kier alpha value is -2.49. The number of benzene rings is 1. The summed E-state index contributed by atoms with van der Waals surface area (Å²) in [7, 11) is 0. The molecule has 3 aromatic rings. The molecule has 3 rings (SSSR count). The van der Waals surface area contributed by atoms with E-state index in [0.29, 0.717) is 21.0 Å². The fourth-order valence-electron chi connectivity index (χ4n) is 2.58. The second-order valence-corrected chi connectivity index (χ2v) is 9.64. The predicted octanol–water partition coefficient (Wildman–Crippen LogP) is 5.24. The van der Waals surface area contributed by atoms with Gasteiger partial charge in [-0.2, -0.15) is 5.10 Å². The first-order chi connectivity index (χ1) is 14.3. The molecule has 0 aliphatic rings. The van der Waals surface area contributed by atoms with Crippen molar-refractivity contribution >= 4 is 56.1 Å². The van der Waals surface area contributed by atoms with Gasteiger partial charge in [-0.1, -0.05) is 28.1 Å². The van der Waals surface area contributed by atoms with Gasteiger partial charge in [0.25, 0.3) is 11.8 Å². The molecule has 156 valence electrons. The van der Waals surface area contributed by atoms with Gasteiger partial charge in [0.15, 0.2) is 0 Å². The largest absolute Gasteiger partial charge is 0.506 e. The summed E-state index contributed by atoms with van der Waals surface area (Å²) in [6, 6.07) is 10.9. The lowest BCUT2D eigenvalue weighted by Crippen LogP contribution is -2.29. The van der Waals surface area contributed by atoms with Gasteiger partial charge in [0.1, 0.15) is 5.75 Å². The maximum Gasteiger partial charge on any atom is 0.281 e. The Labute approximate surface area is 190 Å². The molecular weight excluding hydrogens is 486 g/mol. The molecule has 2 aromatic heterocycles. The van der Waals surface area contributed by atoms with E-state index in [4.69, 9.17) is 0 Å². The molecule has 0 aliphatic heterocycles. The minimum Gasteiger partial charge on any atom is -0.506 e. The molecule has 2 heterocycles. The van der Waals surface area contributed by atoms with Crippen molar-refractivity contribution in [2.45, 2.75) is 26.8 Å². The highest BCUT2D eigenvalue weighted by molar-refractivity contribution is 9.10. The van der Waals surface area contributed by atoms with Gasteiger partial charge in [-0.3, -0.25) is 9.59 Å². The first kappa shape index (κ1) is 22.2. The summed E-state index contributed by atoms with van der Waals surface area (Å²) in [5, 5.41) is 19.3. The van der Waals surface area contributed by atoms with E-state index in [1.165, 1.54) is 11.3 Å². The number of thiophene rings is 2. The smallest absolute Gasteiger partial charge is 0.281 e. The van der Waals surface area contributed by atoms with Crippen LogP contribution < -0.4 is 10.7 Å². The van der Waals surface area contributed by atoms with E-state index in [-0.39, 0.29) is 17.7 Å². The zero-order chi connectivity index (χ0) is 21.8. The number of nitrogens with one attached hydrogen (secondary N) is 2. The van der Waals surface area contributed by atoms with E-state index in [1.54, 1.807) is 24.4 Å². The molecule has 30 heavy (non-hydrogen) atoms. The molecular formula is C21H20BrN3O3S2. The SMILES string of the molecule is C/C(=N\NC(=O)c1ccc(C(=O)NC(C)C)s1)c1csc(-c2ccc(Br)cc2)c1O. The van der Waals surface area contributed by atoms with Crippen molar-refractivity contribution < 1.29 is 14.7 Å². The molecule has 0 fully saturated rings. The first-order valence-corrected chi connectivity index (χ1v) is 11.6. The minimum atomic E-state index is -0.411. The van der Waals surface area contributed by atoms with Crippen LogP contribution in [0.1, 0.15) is 45.7 Å². The monoisotopic (exact) mass is 505 g/mol. The lowest BCUT2D eigenvalue weighted by molar-refractivity contribution is 0.0944. The molecule has 0 radical (unpaired) electrons. The van der Waals surface area contributed by atoms with Crippen molar-refractivity contribution in [3.05, 3.63) is 61.6 Å². The number of hydrogen-bond donors (Lipinski definition) is 3. The van der Waals surface area contributed by atoms with E-state index in [1.807, 2.05) is 38.1 Å². The van der Waals surface area contributed by atoms with E-state index in [9.17, 15) is 14.7 Å². The van der Waals surface area contributed by atoms with Gasteiger partial charge in [-0.25, -0.2) is 5.43 Å². The third-order valence-corrected chi connectivity index (χ3v) is 6.69. The van der Waals surface area contributed by atoms with Crippen LogP contribution in [0.4, 0.5) is 0 Å². The predicted molar refractivity (Wildman–Crippen MR) is 126 cm³/mol. The quantitative estimate of drug-likeness (QED) is 0.316. The molecule has 0 saturated heterocycles. The minimum absolute atomic E-state index is 0.0183. The number of nitrogens with zero attached hydrogens (tertiary/aromatic N) is 1. The highest BCUT2D eigenvalue weighted by atomic mass is 79.9. The molecule has 1 aromatic carbocycles. The van der Waals surface area contributed by atoms with Crippen LogP contribution in [0, 0.1) is 0 Å². The second kappa shape index (κ2) is 9.55. The maximum atomic E-state index is 12.4. The third kappa shape index (κ3) is 5.16. The summed E-state index contributed by atoms with van der Waals surface area (Å²) in [5.41, 5.74) is 4.42. The van der Waals surface area contributed by atoms with Crippen LogP contribution in [-0.4, -0.2) is 28.7 Å². The molecule has 9 heteroatoms. The highest BCUT2D eigenvalue weighted by Crippen LogP contribution is 2.39. The van der Waals surface area contributed by atoms with E-state index >= 15 is 0 Å². The van der Waals surface area contributed by atoms with Gasteiger partial charge in [-0.05, 0) is 50.6 Å². The van der Waals surface area contributed by atoms with Gasteiger partial charge in [-0.15, -0.1) is 22.7 Å². The summed E-state index contributed by atoms with van der Waals surface area (Å²) in [5.74, 6) is -0.496. The van der Waals surface area contributed by atoms with Crippen molar-refractivity contribution in [2.75, 3.05) is 0 Å². The molecule has 0 saturated carbocycles. The van der Waals surface area contributed by atoms with E-state index < -0.39 is 5.91 Å². The first-order valence-electron chi connectivity index (χ1n) is 9.08. The molecule has 3 N–H and O–H groups in total. The molecule has 0 spiro atoms. The van der Waals surface area contributed by atoms with Crippen molar-refractivity contribution in [2.24, 2.45) is 5.10 Å². The number of halogens is 1. The molecule has 2 amide bonds. The average molecular weight is 506 g/mol. The molecule has 0 bridgehead atoms. The van der Waals surface area contributed by atoms with Crippen LogP contribution in [0.15, 0.2) is 51.4 Å². The fourth-order valence-corrected chi connectivity index (χ4v) is 4.65. The Bertz CT molecular complexity index is 1100. The number of hydrogen-bond acceptors (Lipinski definition) is 6. The van der Waals surface area contributed by atoms with Crippen LogP contribution in [0.25, 0.3) is 10.4 Å². The number of carbonyl (C=O) groups excluding carboxylic acids is 2. The third-order valence-electron chi connectivity index (χ3n) is 4.06. The highest BCUT2D eigenvalue weighted by Gasteiger charge is 2.16. The summed E-state index contributed by atoms with van der Waals surface area (Å²) in [6.07, 6.45) is 0. The number of aromatic hydroxyl groups is 1. The van der Waals surface area contributed by atoms with Crippen molar-refractivity contribution in [3.63, 3.8) is 0 Å². The van der Waals surface area contributed by atoms with Crippen LogP contribution >= 0.6 is 38.6 Å². The molecule has 6 nitrogen and oxygen atoms in total. The summed E-state index contributed by atoms with van der Waals surface area (Å²) in [4.78, 5) is 26.0. The maximum absolute atomic E-state index is 12.4. The number of rotatable bonds is 6. The average Bonchev–Trinajstić information content (AvgIpc) is 3.33. The lowest BCUT2D eigenvalue weighted by atomic mass is 10.1. The second-order valence-electron chi connectivity index (χ2n) is 6.76. The summed E-state index contributed by atoms with van der Waals surface area (Å²) >= 11 is 5.90. The van der Waals surface area contributed by atoms with Crippen molar-refractivity contribution in [1.29, 1.82) is 0 Å². The summed E-state index contributed by atoms with van der Waals surface area (Å²) < 4.78 is 0.960. The standard InChI is InChI=1S/C21H20BrN3O3S2/c1-11(2)23-20(27)16-8-9-17(30-16)21(28)25-24-12(3)15-10-29-19(18(15)26)13-4-6-14(22)7-5-13/h4-11,26H,1-3H3,(H,23,27)(H,25,28)/b24-12+. The van der Waals surface area contributed by atoms with Crippen LogP contribution in [0.3, 0.4) is 0 Å². The van der Waals surface area contributed by atoms with Crippen LogP contribution in [0.2, 0.25) is 0 Å². The molecule has 0 atom stereocenters. The van der Waals surface area contributed by atoms with E-state index in [0.717, 1.165) is 26.3 Å². The lowest BCUT2D eigenvalue weighted by Gasteiger charge is -2.05. The van der Waals surface area contributed by atoms with E-state index in [2.05, 4.69) is 31.8 Å². The Kier molecular flexibility index (Phi) is 7.06. The van der Waals surface area contributed by atoms with Crippen LogP contribution in [0.5, 0.6) is 5.75 Å². The van der Waals surface area contributed by atoms with Crippen LogP contribution in [-0.2, 0) is 0 Å². The Morgan fingerprint density at radius 1 is 1.07 bits per heavy atom.